The number of para-hydroxylation sites is 1. The van der Waals surface area contributed by atoms with Gasteiger partial charge in [-0.15, -0.1) is 0 Å². The minimum atomic E-state index is -0.459. The standard InChI is InChI=1S/C20H16ClFN4/c1-11-9-12(7-8-24-11)14-3-2-4-15-18(14)26-20(23)19(15)25-13-5-6-17(22)16(21)10-13/h2-10,25-26H,23H2,1H3. The average Bonchev–Trinajstić information content (AvgIpc) is 2.94. The summed E-state index contributed by atoms with van der Waals surface area (Å²) in [5.41, 5.74) is 11.6. The van der Waals surface area contributed by atoms with Crippen molar-refractivity contribution in [3.05, 3.63) is 71.3 Å². The number of hydrogen-bond donors (Lipinski definition) is 3. The summed E-state index contributed by atoms with van der Waals surface area (Å²) in [4.78, 5) is 7.50. The molecule has 0 aliphatic rings. The number of nitrogens with zero attached hydrogens (tertiary/aromatic N) is 1. The van der Waals surface area contributed by atoms with Crippen LogP contribution in [0.3, 0.4) is 0 Å². The van der Waals surface area contributed by atoms with Crippen molar-refractivity contribution in [1.29, 1.82) is 0 Å². The van der Waals surface area contributed by atoms with Crippen molar-refractivity contribution in [1.82, 2.24) is 9.97 Å². The molecule has 2 aromatic carbocycles. The van der Waals surface area contributed by atoms with E-state index in [4.69, 9.17) is 17.3 Å². The van der Waals surface area contributed by atoms with Crippen LogP contribution in [0.5, 0.6) is 0 Å². The van der Waals surface area contributed by atoms with E-state index in [1.807, 2.05) is 37.3 Å². The number of rotatable bonds is 3. The van der Waals surface area contributed by atoms with Crippen LogP contribution in [0.1, 0.15) is 5.69 Å². The number of hydrogen-bond acceptors (Lipinski definition) is 3. The number of nitrogen functional groups attached to an aromatic ring is 1. The first-order valence-electron chi connectivity index (χ1n) is 8.08. The third-order valence-corrected chi connectivity index (χ3v) is 4.55. The molecule has 4 rings (SSSR count). The molecule has 2 heterocycles. The molecule has 0 saturated heterocycles. The maximum atomic E-state index is 13.4. The minimum Gasteiger partial charge on any atom is -0.384 e. The Morgan fingerprint density at radius 1 is 1.15 bits per heavy atom. The zero-order valence-corrected chi connectivity index (χ0v) is 14.7. The van der Waals surface area contributed by atoms with Gasteiger partial charge in [-0.3, -0.25) is 4.98 Å². The highest BCUT2D eigenvalue weighted by molar-refractivity contribution is 6.31. The van der Waals surface area contributed by atoms with Crippen molar-refractivity contribution in [3.63, 3.8) is 0 Å². The van der Waals surface area contributed by atoms with E-state index in [-0.39, 0.29) is 5.02 Å². The first-order chi connectivity index (χ1) is 12.5. The van der Waals surface area contributed by atoms with E-state index in [0.717, 1.165) is 33.4 Å². The second kappa shape index (κ2) is 6.35. The lowest BCUT2D eigenvalue weighted by Crippen LogP contribution is -1.94. The molecule has 4 N–H and O–H groups in total. The smallest absolute Gasteiger partial charge is 0.141 e. The van der Waals surface area contributed by atoms with Gasteiger partial charge in [0.2, 0.25) is 0 Å². The number of halogens is 2. The second-order valence-electron chi connectivity index (χ2n) is 6.08. The minimum absolute atomic E-state index is 0.0568. The van der Waals surface area contributed by atoms with Crippen LogP contribution in [0.4, 0.5) is 21.6 Å². The molecule has 0 saturated carbocycles. The summed E-state index contributed by atoms with van der Waals surface area (Å²) in [6.07, 6.45) is 1.79. The predicted molar refractivity (Wildman–Crippen MR) is 105 cm³/mol. The van der Waals surface area contributed by atoms with Gasteiger partial charge in [-0.25, -0.2) is 4.39 Å². The number of anilines is 3. The van der Waals surface area contributed by atoms with Crippen LogP contribution < -0.4 is 11.1 Å². The molecule has 0 bridgehead atoms. The number of aromatic amines is 1. The van der Waals surface area contributed by atoms with Gasteiger partial charge in [-0.05, 0) is 42.8 Å². The summed E-state index contributed by atoms with van der Waals surface area (Å²) < 4.78 is 13.4. The second-order valence-corrected chi connectivity index (χ2v) is 6.49. The van der Waals surface area contributed by atoms with E-state index in [0.29, 0.717) is 11.5 Å². The Morgan fingerprint density at radius 2 is 2.00 bits per heavy atom. The monoisotopic (exact) mass is 366 g/mol. The Bertz CT molecular complexity index is 1120. The van der Waals surface area contributed by atoms with Gasteiger partial charge >= 0.3 is 0 Å². The summed E-state index contributed by atoms with van der Waals surface area (Å²) in [5.74, 6) is 0.0399. The topological polar surface area (TPSA) is 66.7 Å². The zero-order chi connectivity index (χ0) is 18.3. The van der Waals surface area contributed by atoms with Gasteiger partial charge in [0.15, 0.2) is 0 Å². The number of nitrogens with one attached hydrogen (secondary N) is 2. The fraction of sp³-hybridized carbons (Fsp3) is 0.0500. The molecule has 2 aromatic heterocycles. The lowest BCUT2D eigenvalue weighted by molar-refractivity contribution is 0.628. The summed E-state index contributed by atoms with van der Waals surface area (Å²) in [5, 5.41) is 4.23. The summed E-state index contributed by atoms with van der Waals surface area (Å²) in [7, 11) is 0. The molecular formula is C20H16ClFN4. The van der Waals surface area contributed by atoms with Gasteiger partial charge < -0.3 is 16.0 Å². The lowest BCUT2D eigenvalue weighted by Gasteiger charge is -2.08. The van der Waals surface area contributed by atoms with E-state index in [1.165, 1.54) is 12.1 Å². The zero-order valence-electron chi connectivity index (χ0n) is 14.0. The number of benzene rings is 2. The third kappa shape index (κ3) is 2.86. The Labute approximate surface area is 154 Å². The van der Waals surface area contributed by atoms with Crippen LogP contribution in [0, 0.1) is 12.7 Å². The molecule has 0 spiro atoms. The maximum absolute atomic E-state index is 13.4. The molecule has 0 radical (unpaired) electrons. The van der Waals surface area contributed by atoms with Crippen molar-refractivity contribution in [3.8, 4) is 11.1 Å². The molecule has 4 aromatic rings. The Morgan fingerprint density at radius 3 is 2.77 bits per heavy atom. The highest BCUT2D eigenvalue weighted by atomic mass is 35.5. The first kappa shape index (κ1) is 16.4. The Balaban J connectivity index is 1.83. The summed E-state index contributed by atoms with van der Waals surface area (Å²) in [6.45, 7) is 1.96. The van der Waals surface area contributed by atoms with Crippen LogP contribution in [0.2, 0.25) is 5.02 Å². The van der Waals surface area contributed by atoms with Crippen molar-refractivity contribution < 1.29 is 4.39 Å². The molecule has 0 amide bonds. The largest absolute Gasteiger partial charge is 0.384 e. The number of aryl methyl sites for hydroxylation is 1. The number of nitrogens with two attached hydrogens (primary N) is 1. The molecule has 6 heteroatoms. The number of fused-ring (bicyclic) bond motifs is 1. The van der Waals surface area contributed by atoms with E-state index in [9.17, 15) is 4.39 Å². The Hall–Kier alpha value is -3.05. The molecule has 4 nitrogen and oxygen atoms in total. The van der Waals surface area contributed by atoms with Crippen LogP contribution in [0.25, 0.3) is 22.0 Å². The normalized spacial score (nSPS) is 11.0. The van der Waals surface area contributed by atoms with Crippen LogP contribution >= 0.6 is 11.6 Å². The molecule has 130 valence electrons. The van der Waals surface area contributed by atoms with Gasteiger partial charge in [0.05, 0.1) is 16.2 Å². The van der Waals surface area contributed by atoms with E-state index in [1.54, 1.807) is 12.3 Å². The Kier molecular flexibility index (Phi) is 4.01. The molecule has 0 aliphatic heterocycles. The summed E-state index contributed by atoms with van der Waals surface area (Å²) in [6, 6.07) is 14.5. The molecule has 0 fully saturated rings. The SMILES string of the molecule is Cc1cc(-c2cccc3c(Nc4ccc(F)c(Cl)c4)c(N)[nH]c23)ccn1. The maximum Gasteiger partial charge on any atom is 0.141 e. The van der Waals surface area contributed by atoms with E-state index in [2.05, 4.69) is 15.3 Å². The van der Waals surface area contributed by atoms with Gasteiger partial charge in [0.1, 0.15) is 11.6 Å². The van der Waals surface area contributed by atoms with Crippen LogP contribution in [-0.2, 0) is 0 Å². The molecule has 26 heavy (non-hydrogen) atoms. The predicted octanol–water partition coefficient (Wildman–Crippen LogP) is 5.66. The third-order valence-electron chi connectivity index (χ3n) is 4.26. The number of aromatic nitrogens is 2. The fourth-order valence-corrected chi connectivity index (χ4v) is 3.22. The average molecular weight is 367 g/mol. The van der Waals surface area contributed by atoms with Crippen molar-refractivity contribution in [2.75, 3.05) is 11.1 Å². The van der Waals surface area contributed by atoms with Crippen molar-refractivity contribution in [2.45, 2.75) is 6.92 Å². The van der Waals surface area contributed by atoms with Crippen molar-refractivity contribution in [2.24, 2.45) is 0 Å². The first-order valence-corrected chi connectivity index (χ1v) is 8.46. The van der Waals surface area contributed by atoms with Gasteiger partial charge in [0.25, 0.3) is 0 Å². The van der Waals surface area contributed by atoms with Crippen LogP contribution in [-0.4, -0.2) is 9.97 Å². The van der Waals surface area contributed by atoms with Gasteiger partial charge in [-0.1, -0.05) is 29.8 Å². The number of pyridine rings is 1. The van der Waals surface area contributed by atoms with Crippen molar-refractivity contribution >= 4 is 39.7 Å². The van der Waals surface area contributed by atoms with Gasteiger partial charge in [-0.2, -0.15) is 0 Å². The van der Waals surface area contributed by atoms with Crippen LogP contribution in [0.15, 0.2) is 54.7 Å². The highest BCUT2D eigenvalue weighted by Crippen LogP contribution is 2.37. The number of H-pyrrole nitrogens is 1. The quantitative estimate of drug-likeness (QED) is 0.438. The van der Waals surface area contributed by atoms with E-state index < -0.39 is 5.82 Å². The van der Waals surface area contributed by atoms with Gasteiger partial charge in [0, 0.05) is 28.5 Å². The highest BCUT2D eigenvalue weighted by Gasteiger charge is 2.14. The van der Waals surface area contributed by atoms with E-state index >= 15 is 0 Å². The molecule has 0 atom stereocenters. The molecular weight excluding hydrogens is 351 g/mol. The summed E-state index contributed by atoms with van der Waals surface area (Å²) >= 11 is 5.87. The molecule has 0 aliphatic carbocycles. The lowest BCUT2D eigenvalue weighted by atomic mass is 10.0. The molecule has 0 unspecified atom stereocenters. The fourth-order valence-electron chi connectivity index (χ4n) is 3.04.